The number of nitrogens with two attached hydrogens (primary N) is 1. The third kappa shape index (κ3) is 9.74. The lowest BCUT2D eigenvalue weighted by Crippen LogP contribution is -2.27. The summed E-state index contributed by atoms with van der Waals surface area (Å²) in [4.78, 5) is 23.3. The number of carbonyl (C=O) groups is 2. The van der Waals surface area contributed by atoms with Crippen LogP contribution in [0.25, 0.3) is 11.1 Å². The number of ether oxygens (including phenoxy) is 1. The van der Waals surface area contributed by atoms with Gasteiger partial charge in [0.25, 0.3) is 5.91 Å². The van der Waals surface area contributed by atoms with Crippen molar-refractivity contribution in [2.75, 3.05) is 6.54 Å². The zero-order valence-electron chi connectivity index (χ0n) is 22.8. The molecule has 3 aromatic carbocycles. The van der Waals surface area contributed by atoms with Gasteiger partial charge < -0.3 is 15.8 Å². The number of nitrogens with one attached hydrogen (secondary N) is 1. The van der Waals surface area contributed by atoms with Crippen LogP contribution in [0.5, 0.6) is 5.75 Å². The third-order valence-corrected chi connectivity index (χ3v) is 6.70. The van der Waals surface area contributed by atoms with E-state index in [0.717, 1.165) is 42.5 Å². The van der Waals surface area contributed by atoms with Gasteiger partial charge in [-0.3, -0.25) is 9.59 Å². The van der Waals surface area contributed by atoms with Crippen molar-refractivity contribution in [2.45, 2.75) is 70.6 Å². The molecule has 3 aromatic rings. The lowest BCUT2D eigenvalue weighted by Gasteiger charge is -2.20. The Morgan fingerprint density at radius 3 is 1.98 bits per heavy atom. The van der Waals surface area contributed by atoms with Crippen molar-refractivity contribution in [3.05, 3.63) is 89.5 Å². The van der Waals surface area contributed by atoms with Gasteiger partial charge in [0.1, 0.15) is 11.9 Å². The SMILES string of the molecule is CCCCCCCCC(Oc1ccc(-c2ccc(C(F)(F)F)cc2)cc1)c1ccc(C(=O)NCCC(N)=O)cc1. The fraction of sp³-hybridized carbons (Fsp3) is 0.375. The molecule has 0 aromatic heterocycles. The Morgan fingerprint density at radius 1 is 0.825 bits per heavy atom. The van der Waals surface area contributed by atoms with Crippen LogP contribution in [0.1, 0.15) is 85.9 Å². The van der Waals surface area contributed by atoms with E-state index >= 15 is 0 Å². The van der Waals surface area contributed by atoms with Gasteiger partial charge in [0.05, 0.1) is 5.56 Å². The summed E-state index contributed by atoms with van der Waals surface area (Å²) in [5.41, 5.74) is 7.34. The van der Waals surface area contributed by atoms with E-state index in [9.17, 15) is 22.8 Å². The third-order valence-electron chi connectivity index (χ3n) is 6.70. The van der Waals surface area contributed by atoms with E-state index in [2.05, 4.69) is 12.2 Å². The fourth-order valence-corrected chi connectivity index (χ4v) is 4.40. The molecular weight excluding hydrogens is 517 g/mol. The molecule has 3 N–H and O–H groups in total. The monoisotopic (exact) mass is 554 g/mol. The Kier molecular flexibility index (Phi) is 11.6. The number of amides is 2. The molecule has 1 atom stereocenters. The Balaban J connectivity index is 1.69. The van der Waals surface area contributed by atoms with Crippen molar-refractivity contribution in [3.8, 4) is 16.9 Å². The number of hydrogen-bond donors (Lipinski definition) is 2. The summed E-state index contributed by atoms with van der Waals surface area (Å²) < 4.78 is 45.0. The molecule has 1 unspecified atom stereocenters. The first-order valence-electron chi connectivity index (χ1n) is 13.8. The molecule has 0 heterocycles. The summed E-state index contributed by atoms with van der Waals surface area (Å²) in [6, 6.07) is 19.6. The maximum atomic E-state index is 12.9. The van der Waals surface area contributed by atoms with Crippen LogP contribution < -0.4 is 15.8 Å². The summed E-state index contributed by atoms with van der Waals surface area (Å²) in [5, 5.41) is 2.68. The number of carbonyl (C=O) groups excluding carboxylic acids is 2. The zero-order chi connectivity index (χ0) is 29.0. The number of unbranched alkanes of at least 4 members (excludes halogenated alkanes) is 5. The molecule has 0 fully saturated rings. The molecule has 2 amide bonds. The van der Waals surface area contributed by atoms with Crippen LogP contribution in [0.15, 0.2) is 72.8 Å². The van der Waals surface area contributed by atoms with Gasteiger partial charge >= 0.3 is 6.18 Å². The summed E-state index contributed by atoms with van der Waals surface area (Å²) in [7, 11) is 0. The van der Waals surface area contributed by atoms with E-state index in [-0.39, 0.29) is 25.0 Å². The summed E-state index contributed by atoms with van der Waals surface area (Å²) in [6.07, 6.45) is 3.20. The number of primary amides is 1. The van der Waals surface area contributed by atoms with Crippen LogP contribution >= 0.6 is 0 Å². The number of hydrogen-bond acceptors (Lipinski definition) is 3. The fourth-order valence-electron chi connectivity index (χ4n) is 4.40. The van der Waals surface area contributed by atoms with Crippen molar-refractivity contribution in [3.63, 3.8) is 0 Å². The molecule has 0 saturated carbocycles. The molecule has 0 aliphatic heterocycles. The maximum Gasteiger partial charge on any atom is 0.416 e. The predicted octanol–water partition coefficient (Wildman–Crippen LogP) is 7.85. The minimum absolute atomic E-state index is 0.0790. The largest absolute Gasteiger partial charge is 0.486 e. The Bertz CT molecular complexity index is 1210. The van der Waals surface area contributed by atoms with E-state index in [1.54, 1.807) is 12.1 Å². The number of halogens is 3. The first-order valence-corrected chi connectivity index (χ1v) is 13.8. The van der Waals surface area contributed by atoms with Crippen molar-refractivity contribution in [2.24, 2.45) is 5.73 Å². The Labute approximate surface area is 233 Å². The molecule has 0 aliphatic rings. The number of alkyl halides is 3. The quantitative estimate of drug-likeness (QED) is 0.188. The summed E-state index contributed by atoms with van der Waals surface area (Å²) in [6.45, 7) is 2.37. The van der Waals surface area contributed by atoms with Gasteiger partial charge in [-0.05, 0) is 65.9 Å². The van der Waals surface area contributed by atoms with Crippen LogP contribution in [-0.2, 0) is 11.0 Å². The minimum Gasteiger partial charge on any atom is -0.486 e. The van der Waals surface area contributed by atoms with Crippen molar-refractivity contribution >= 4 is 11.8 Å². The smallest absolute Gasteiger partial charge is 0.416 e. The van der Waals surface area contributed by atoms with Crippen LogP contribution in [0, 0.1) is 0 Å². The molecule has 0 spiro atoms. The number of rotatable bonds is 15. The Morgan fingerprint density at radius 2 is 1.40 bits per heavy atom. The topological polar surface area (TPSA) is 81.4 Å². The van der Waals surface area contributed by atoms with Gasteiger partial charge in [0.2, 0.25) is 5.91 Å². The molecule has 3 rings (SSSR count). The molecule has 0 saturated heterocycles. The lowest BCUT2D eigenvalue weighted by atomic mass is 10.00. The first-order chi connectivity index (χ1) is 19.2. The first kappa shape index (κ1) is 30.7. The van der Waals surface area contributed by atoms with Crippen LogP contribution in [0.3, 0.4) is 0 Å². The maximum absolute atomic E-state index is 12.9. The molecule has 214 valence electrons. The van der Waals surface area contributed by atoms with E-state index in [0.29, 0.717) is 16.9 Å². The normalized spacial score (nSPS) is 12.1. The molecule has 0 radical (unpaired) electrons. The van der Waals surface area contributed by atoms with Crippen LogP contribution in [0.2, 0.25) is 0 Å². The van der Waals surface area contributed by atoms with E-state index < -0.39 is 17.6 Å². The molecule has 0 aliphatic carbocycles. The Hall–Kier alpha value is -3.81. The molecule has 8 heteroatoms. The summed E-state index contributed by atoms with van der Waals surface area (Å²) in [5.74, 6) is -0.0994. The highest BCUT2D eigenvalue weighted by Crippen LogP contribution is 2.32. The van der Waals surface area contributed by atoms with E-state index in [4.69, 9.17) is 10.5 Å². The number of benzene rings is 3. The zero-order valence-corrected chi connectivity index (χ0v) is 22.8. The van der Waals surface area contributed by atoms with Gasteiger partial charge in [-0.15, -0.1) is 0 Å². The van der Waals surface area contributed by atoms with Gasteiger partial charge in [-0.25, -0.2) is 0 Å². The highest BCUT2D eigenvalue weighted by molar-refractivity contribution is 5.94. The van der Waals surface area contributed by atoms with Gasteiger partial charge in [-0.2, -0.15) is 13.2 Å². The van der Waals surface area contributed by atoms with E-state index in [1.807, 2.05) is 36.4 Å². The van der Waals surface area contributed by atoms with Gasteiger partial charge in [0, 0.05) is 18.5 Å². The van der Waals surface area contributed by atoms with Crippen molar-refractivity contribution in [1.29, 1.82) is 0 Å². The second-order valence-corrected chi connectivity index (χ2v) is 9.86. The van der Waals surface area contributed by atoms with Crippen LogP contribution in [-0.4, -0.2) is 18.4 Å². The van der Waals surface area contributed by atoms with Crippen molar-refractivity contribution in [1.82, 2.24) is 5.32 Å². The van der Waals surface area contributed by atoms with E-state index in [1.165, 1.54) is 37.8 Å². The highest BCUT2D eigenvalue weighted by atomic mass is 19.4. The van der Waals surface area contributed by atoms with Crippen molar-refractivity contribution < 1.29 is 27.5 Å². The molecule has 5 nitrogen and oxygen atoms in total. The summed E-state index contributed by atoms with van der Waals surface area (Å²) >= 11 is 0. The average Bonchev–Trinajstić information content (AvgIpc) is 2.94. The standard InChI is InChI=1S/C32H37F3N2O3/c1-2-3-4-5-6-7-8-29(25-9-11-26(12-10-25)31(39)37-22-21-30(36)38)40-28-19-15-24(16-20-28)23-13-17-27(18-14-23)32(33,34)35/h9-20,29H,2-8,21-22H2,1H3,(H2,36,38)(H,37,39). The molecular formula is C32H37F3N2O3. The highest BCUT2D eigenvalue weighted by Gasteiger charge is 2.30. The molecule has 0 bridgehead atoms. The minimum atomic E-state index is -4.37. The van der Waals surface area contributed by atoms with Gasteiger partial charge in [-0.1, -0.05) is 75.4 Å². The van der Waals surface area contributed by atoms with Gasteiger partial charge in [0.15, 0.2) is 0 Å². The average molecular weight is 555 g/mol. The van der Waals surface area contributed by atoms with Crippen LogP contribution in [0.4, 0.5) is 13.2 Å². The predicted molar refractivity (Wildman–Crippen MR) is 151 cm³/mol. The molecule has 40 heavy (non-hydrogen) atoms. The lowest BCUT2D eigenvalue weighted by molar-refractivity contribution is -0.137. The second-order valence-electron chi connectivity index (χ2n) is 9.86. The second kappa shape index (κ2) is 15.1.